The number of hydrogen-bond acceptors (Lipinski definition) is 4. The third-order valence-electron chi connectivity index (χ3n) is 2.41. The van der Waals surface area contributed by atoms with E-state index < -0.39 is 6.04 Å². The van der Waals surface area contributed by atoms with Crippen LogP contribution in [0.2, 0.25) is 0 Å². The SMILES string of the molecule is COCC(N)C(=O)N(C)C(C)CCSC. The zero-order chi connectivity index (χ0) is 11.8. The number of methoxy groups -OCH3 is 1. The summed E-state index contributed by atoms with van der Waals surface area (Å²) in [4.78, 5) is 13.5. The van der Waals surface area contributed by atoms with Crippen LogP contribution in [-0.2, 0) is 9.53 Å². The van der Waals surface area contributed by atoms with Gasteiger partial charge < -0.3 is 15.4 Å². The van der Waals surface area contributed by atoms with Crippen molar-refractivity contribution in [2.24, 2.45) is 5.73 Å². The number of amides is 1. The fraction of sp³-hybridized carbons (Fsp3) is 0.900. The first-order valence-electron chi connectivity index (χ1n) is 5.04. The Morgan fingerprint density at radius 3 is 2.67 bits per heavy atom. The van der Waals surface area contributed by atoms with Crippen molar-refractivity contribution in [3.63, 3.8) is 0 Å². The molecule has 90 valence electrons. The fourth-order valence-electron chi connectivity index (χ4n) is 1.21. The van der Waals surface area contributed by atoms with Crippen molar-refractivity contribution < 1.29 is 9.53 Å². The van der Waals surface area contributed by atoms with Crippen LogP contribution in [0.15, 0.2) is 0 Å². The van der Waals surface area contributed by atoms with Gasteiger partial charge >= 0.3 is 0 Å². The normalized spacial score (nSPS) is 14.7. The quantitative estimate of drug-likeness (QED) is 0.699. The van der Waals surface area contributed by atoms with E-state index >= 15 is 0 Å². The van der Waals surface area contributed by atoms with Gasteiger partial charge in [-0.1, -0.05) is 0 Å². The van der Waals surface area contributed by atoms with Crippen LogP contribution in [-0.4, -0.2) is 55.7 Å². The molecule has 0 fully saturated rings. The summed E-state index contributed by atoms with van der Waals surface area (Å²) in [6, 6.07) is -0.315. The van der Waals surface area contributed by atoms with Gasteiger partial charge in [-0.15, -0.1) is 0 Å². The van der Waals surface area contributed by atoms with E-state index in [0.29, 0.717) is 0 Å². The highest BCUT2D eigenvalue weighted by atomic mass is 32.2. The fourth-order valence-corrected chi connectivity index (χ4v) is 1.79. The van der Waals surface area contributed by atoms with Crippen LogP contribution in [0.1, 0.15) is 13.3 Å². The van der Waals surface area contributed by atoms with E-state index in [2.05, 4.69) is 6.26 Å². The zero-order valence-electron chi connectivity index (χ0n) is 10.0. The molecule has 4 nitrogen and oxygen atoms in total. The van der Waals surface area contributed by atoms with Gasteiger partial charge in [0.25, 0.3) is 0 Å². The Hall–Kier alpha value is -0.260. The molecule has 0 aromatic heterocycles. The number of carbonyl (C=O) groups is 1. The van der Waals surface area contributed by atoms with E-state index in [1.165, 1.54) is 0 Å². The van der Waals surface area contributed by atoms with Gasteiger partial charge in [0.1, 0.15) is 6.04 Å². The molecular weight excluding hydrogens is 212 g/mol. The van der Waals surface area contributed by atoms with Gasteiger partial charge in [-0.25, -0.2) is 0 Å². The number of rotatable bonds is 7. The molecule has 0 aliphatic rings. The van der Waals surface area contributed by atoms with Crippen LogP contribution in [0.5, 0.6) is 0 Å². The molecule has 0 aromatic carbocycles. The number of nitrogens with two attached hydrogens (primary N) is 1. The average Bonchev–Trinajstić information content (AvgIpc) is 2.24. The minimum Gasteiger partial charge on any atom is -0.383 e. The van der Waals surface area contributed by atoms with Crippen LogP contribution in [0.3, 0.4) is 0 Å². The van der Waals surface area contributed by atoms with Crippen molar-refractivity contribution in [3.05, 3.63) is 0 Å². The van der Waals surface area contributed by atoms with Gasteiger partial charge in [-0.3, -0.25) is 4.79 Å². The molecular formula is C10H22N2O2S. The summed E-state index contributed by atoms with van der Waals surface area (Å²) in [6.07, 6.45) is 3.05. The highest BCUT2D eigenvalue weighted by molar-refractivity contribution is 7.98. The second kappa shape index (κ2) is 7.96. The second-order valence-corrected chi connectivity index (χ2v) is 4.63. The molecule has 0 aliphatic carbocycles. The van der Waals surface area contributed by atoms with Crippen LogP contribution >= 0.6 is 11.8 Å². The molecule has 2 atom stereocenters. The van der Waals surface area contributed by atoms with Crippen molar-refractivity contribution >= 4 is 17.7 Å². The predicted octanol–water partition coefficient (Wildman–Crippen LogP) is 0.560. The lowest BCUT2D eigenvalue weighted by Crippen LogP contribution is -2.47. The average molecular weight is 234 g/mol. The molecule has 0 bridgehead atoms. The van der Waals surface area contributed by atoms with Crippen molar-refractivity contribution in [1.29, 1.82) is 0 Å². The minimum absolute atomic E-state index is 0.0505. The number of ether oxygens (including phenoxy) is 1. The Labute approximate surface area is 96.5 Å². The first kappa shape index (κ1) is 14.7. The maximum Gasteiger partial charge on any atom is 0.241 e. The lowest BCUT2D eigenvalue weighted by Gasteiger charge is -2.27. The van der Waals surface area contributed by atoms with Crippen molar-refractivity contribution in [3.8, 4) is 0 Å². The van der Waals surface area contributed by atoms with E-state index in [1.807, 2.05) is 6.92 Å². The lowest BCUT2D eigenvalue weighted by atomic mass is 10.2. The first-order chi connectivity index (χ1) is 7.04. The van der Waals surface area contributed by atoms with E-state index in [9.17, 15) is 4.79 Å². The molecule has 2 N–H and O–H groups in total. The molecule has 0 spiro atoms. The van der Waals surface area contributed by atoms with E-state index in [1.54, 1.807) is 30.8 Å². The molecule has 2 unspecified atom stereocenters. The monoisotopic (exact) mass is 234 g/mol. The number of hydrogen-bond donors (Lipinski definition) is 1. The highest BCUT2D eigenvalue weighted by Gasteiger charge is 2.21. The molecule has 0 radical (unpaired) electrons. The minimum atomic E-state index is -0.545. The van der Waals surface area contributed by atoms with Crippen molar-refractivity contribution in [2.45, 2.75) is 25.4 Å². The van der Waals surface area contributed by atoms with Crippen LogP contribution in [0.4, 0.5) is 0 Å². The molecule has 15 heavy (non-hydrogen) atoms. The number of nitrogens with zero attached hydrogens (tertiary/aromatic N) is 1. The second-order valence-electron chi connectivity index (χ2n) is 3.64. The van der Waals surface area contributed by atoms with Gasteiger partial charge in [0.15, 0.2) is 0 Å². The van der Waals surface area contributed by atoms with Crippen LogP contribution in [0.25, 0.3) is 0 Å². The summed E-state index contributed by atoms with van der Waals surface area (Å²) in [5.41, 5.74) is 5.67. The summed E-state index contributed by atoms with van der Waals surface area (Å²) in [5.74, 6) is 1.00. The van der Waals surface area contributed by atoms with E-state index in [4.69, 9.17) is 10.5 Å². The van der Waals surface area contributed by atoms with E-state index in [-0.39, 0.29) is 18.6 Å². The zero-order valence-corrected chi connectivity index (χ0v) is 10.8. The molecule has 5 heteroatoms. The summed E-state index contributed by atoms with van der Waals surface area (Å²) in [7, 11) is 3.34. The summed E-state index contributed by atoms with van der Waals surface area (Å²) in [5, 5.41) is 0. The number of carbonyl (C=O) groups excluding carboxylic acids is 1. The summed E-state index contributed by atoms with van der Waals surface area (Å²) in [6.45, 7) is 2.31. The molecule has 0 heterocycles. The molecule has 0 aliphatic heterocycles. The third-order valence-corrected chi connectivity index (χ3v) is 3.06. The topological polar surface area (TPSA) is 55.6 Å². The van der Waals surface area contributed by atoms with Gasteiger partial charge in [0.2, 0.25) is 5.91 Å². The Kier molecular flexibility index (Phi) is 7.82. The third kappa shape index (κ3) is 5.39. The Bertz CT molecular complexity index is 190. The van der Waals surface area contributed by atoms with Crippen molar-refractivity contribution in [2.75, 3.05) is 32.8 Å². The predicted molar refractivity (Wildman–Crippen MR) is 65.1 cm³/mol. The lowest BCUT2D eigenvalue weighted by molar-refractivity contribution is -0.134. The highest BCUT2D eigenvalue weighted by Crippen LogP contribution is 2.07. The smallest absolute Gasteiger partial charge is 0.241 e. The number of thioether (sulfide) groups is 1. The number of likely N-dealkylation sites (N-methyl/N-ethyl adjacent to an activating group) is 1. The Balaban J connectivity index is 4.05. The molecule has 0 saturated heterocycles. The summed E-state index contributed by atoms with van der Waals surface area (Å²) < 4.78 is 4.86. The standard InChI is InChI=1S/C10H22N2O2S/c1-8(5-6-15-4)12(2)10(13)9(11)7-14-3/h8-9H,5-7,11H2,1-4H3. The maximum atomic E-state index is 11.8. The molecule has 0 saturated carbocycles. The Morgan fingerprint density at radius 2 is 2.20 bits per heavy atom. The van der Waals surface area contributed by atoms with Gasteiger partial charge in [0.05, 0.1) is 6.61 Å². The molecule has 0 aromatic rings. The van der Waals surface area contributed by atoms with Crippen LogP contribution < -0.4 is 5.73 Å². The van der Waals surface area contributed by atoms with Gasteiger partial charge in [0, 0.05) is 20.2 Å². The van der Waals surface area contributed by atoms with Crippen LogP contribution in [0, 0.1) is 0 Å². The van der Waals surface area contributed by atoms with Gasteiger partial charge in [-0.05, 0) is 25.4 Å². The Morgan fingerprint density at radius 1 is 1.60 bits per heavy atom. The first-order valence-corrected chi connectivity index (χ1v) is 6.44. The molecule has 1 amide bonds. The maximum absolute atomic E-state index is 11.8. The molecule has 0 rings (SSSR count). The summed E-state index contributed by atoms with van der Waals surface area (Å²) >= 11 is 1.78. The van der Waals surface area contributed by atoms with Gasteiger partial charge in [-0.2, -0.15) is 11.8 Å². The largest absolute Gasteiger partial charge is 0.383 e. The van der Waals surface area contributed by atoms with E-state index in [0.717, 1.165) is 12.2 Å². The van der Waals surface area contributed by atoms with Crippen molar-refractivity contribution in [1.82, 2.24) is 4.90 Å².